The van der Waals surface area contributed by atoms with Crippen LogP contribution in [0.2, 0.25) is 0 Å². The quantitative estimate of drug-likeness (QED) is 0.474. The summed E-state index contributed by atoms with van der Waals surface area (Å²) in [5, 5.41) is 12.8. The first kappa shape index (κ1) is 20.0. The molecule has 0 unspecified atom stereocenters. The van der Waals surface area contributed by atoms with E-state index in [0.717, 1.165) is 5.56 Å². The van der Waals surface area contributed by atoms with Crippen molar-refractivity contribution >= 4 is 23.1 Å². The largest absolute Gasteiger partial charge is 0.504 e. The summed E-state index contributed by atoms with van der Waals surface area (Å²) in [7, 11) is -3.30. The maximum Gasteiger partial charge on any atom is 0.174 e. The number of ether oxygens (including phenoxy) is 1. The standard InChI is InChI=1S/C24H25O3P/c1-4-11-19-16-22(27-18(2)3)24(25)23(17-19)28(26,20-12-7-5-8-13-20)21-14-9-6-10-15-21/h4-10,12-18,25H,1,11H2,2-3H3. The topological polar surface area (TPSA) is 46.5 Å². The van der Waals surface area contributed by atoms with Crippen LogP contribution in [0, 0.1) is 0 Å². The minimum Gasteiger partial charge on any atom is -0.504 e. The van der Waals surface area contributed by atoms with Crippen LogP contribution in [0.25, 0.3) is 0 Å². The monoisotopic (exact) mass is 392 g/mol. The van der Waals surface area contributed by atoms with Gasteiger partial charge in [-0.3, -0.25) is 0 Å². The van der Waals surface area contributed by atoms with E-state index in [1.165, 1.54) is 0 Å². The van der Waals surface area contributed by atoms with Gasteiger partial charge < -0.3 is 14.4 Å². The second-order valence-electron chi connectivity index (χ2n) is 6.90. The van der Waals surface area contributed by atoms with Crippen molar-refractivity contribution in [2.24, 2.45) is 0 Å². The summed E-state index contributed by atoms with van der Waals surface area (Å²) in [6.45, 7) is 7.60. The molecule has 0 bridgehead atoms. The Kier molecular flexibility index (Phi) is 6.06. The maximum absolute atomic E-state index is 14.6. The Balaban J connectivity index is 2.33. The van der Waals surface area contributed by atoms with E-state index in [2.05, 4.69) is 6.58 Å². The highest BCUT2D eigenvalue weighted by Crippen LogP contribution is 2.47. The van der Waals surface area contributed by atoms with Crippen LogP contribution in [-0.2, 0) is 11.0 Å². The van der Waals surface area contributed by atoms with E-state index in [1.54, 1.807) is 12.1 Å². The highest BCUT2D eigenvalue weighted by Gasteiger charge is 2.34. The molecule has 0 atom stereocenters. The van der Waals surface area contributed by atoms with Crippen molar-refractivity contribution in [3.8, 4) is 11.5 Å². The van der Waals surface area contributed by atoms with Crippen LogP contribution < -0.4 is 20.7 Å². The predicted octanol–water partition coefficient (Wildman–Crippen LogP) is 4.55. The molecule has 144 valence electrons. The molecular weight excluding hydrogens is 367 g/mol. The molecule has 3 aromatic rings. The van der Waals surface area contributed by atoms with E-state index < -0.39 is 7.14 Å². The predicted molar refractivity (Wildman–Crippen MR) is 117 cm³/mol. The van der Waals surface area contributed by atoms with Crippen LogP contribution in [-0.4, -0.2) is 11.2 Å². The maximum atomic E-state index is 14.6. The Morgan fingerprint density at radius 1 is 1.00 bits per heavy atom. The summed E-state index contributed by atoms with van der Waals surface area (Å²) in [5.41, 5.74) is 0.894. The molecule has 4 heteroatoms. The fourth-order valence-corrected chi connectivity index (χ4v) is 6.01. The Hall–Kier alpha value is -2.77. The van der Waals surface area contributed by atoms with Gasteiger partial charge in [-0.15, -0.1) is 6.58 Å². The van der Waals surface area contributed by atoms with E-state index in [1.807, 2.05) is 80.6 Å². The van der Waals surface area contributed by atoms with Crippen molar-refractivity contribution in [3.05, 3.63) is 91.0 Å². The Morgan fingerprint density at radius 2 is 1.54 bits per heavy atom. The summed E-state index contributed by atoms with van der Waals surface area (Å²) in [4.78, 5) is 0. The van der Waals surface area contributed by atoms with Gasteiger partial charge in [-0.25, -0.2) is 0 Å². The fraction of sp³-hybridized carbons (Fsp3) is 0.167. The second-order valence-corrected chi connectivity index (χ2v) is 9.63. The van der Waals surface area contributed by atoms with Gasteiger partial charge in [0.25, 0.3) is 0 Å². The zero-order valence-corrected chi connectivity index (χ0v) is 17.1. The van der Waals surface area contributed by atoms with E-state index >= 15 is 0 Å². The number of phenolic OH excluding ortho intramolecular Hbond substituents is 1. The van der Waals surface area contributed by atoms with Gasteiger partial charge >= 0.3 is 0 Å². The molecule has 0 heterocycles. The van der Waals surface area contributed by atoms with Gasteiger partial charge in [0.1, 0.15) is 0 Å². The third-order valence-electron chi connectivity index (χ3n) is 4.44. The Bertz CT molecular complexity index is 952. The molecule has 3 rings (SSSR count). The normalized spacial score (nSPS) is 11.4. The van der Waals surface area contributed by atoms with Crippen LogP contribution in [0.4, 0.5) is 0 Å². The number of aromatic hydroxyl groups is 1. The number of allylic oxidation sites excluding steroid dienone is 1. The molecule has 1 N–H and O–H groups in total. The third kappa shape index (κ3) is 3.90. The van der Waals surface area contributed by atoms with E-state index in [4.69, 9.17) is 4.74 Å². The zero-order chi connectivity index (χ0) is 20.1. The molecule has 0 aromatic heterocycles. The number of hydrogen-bond donors (Lipinski definition) is 1. The van der Waals surface area contributed by atoms with Gasteiger partial charge in [-0.1, -0.05) is 66.7 Å². The summed E-state index contributed by atoms with van der Waals surface area (Å²) in [6, 6.07) is 22.2. The molecule has 0 radical (unpaired) electrons. The lowest BCUT2D eigenvalue weighted by molar-refractivity contribution is 0.232. The number of phenols is 1. The van der Waals surface area contributed by atoms with E-state index in [9.17, 15) is 9.67 Å². The molecule has 0 aliphatic heterocycles. The number of hydrogen-bond acceptors (Lipinski definition) is 3. The summed E-state index contributed by atoms with van der Waals surface area (Å²) >= 11 is 0. The minimum atomic E-state index is -3.30. The first-order chi connectivity index (χ1) is 13.5. The molecule has 0 spiro atoms. The highest BCUT2D eigenvalue weighted by atomic mass is 31.2. The molecule has 0 fully saturated rings. The average molecular weight is 392 g/mol. The highest BCUT2D eigenvalue weighted by molar-refractivity contribution is 7.85. The summed E-state index contributed by atoms with van der Waals surface area (Å²) in [6.07, 6.45) is 2.25. The number of rotatable bonds is 7. The second kappa shape index (κ2) is 8.50. The zero-order valence-electron chi connectivity index (χ0n) is 16.2. The molecule has 0 saturated carbocycles. The van der Waals surface area contributed by atoms with E-state index in [0.29, 0.717) is 28.1 Å². The number of benzene rings is 3. The van der Waals surface area contributed by atoms with Crippen LogP contribution in [0.1, 0.15) is 19.4 Å². The van der Waals surface area contributed by atoms with Crippen molar-refractivity contribution < 1.29 is 14.4 Å². The van der Waals surface area contributed by atoms with Crippen molar-refractivity contribution in [3.63, 3.8) is 0 Å². The van der Waals surface area contributed by atoms with Gasteiger partial charge in [0, 0.05) is 10.6 Å². The molecule has 0 aliphatic rings. The van der Waals surface area contributed by atoms with Crippen LogP contribution in [0.5, 0.6) is 11.5 Å². The molecule has 0 saturated heterocycles. The van der Waals surface area contributed by atoms with Crippen LogP contribution >= 0.6 is 7.14 Å². The van der Waals surface area contributed by atoms with Crippen molar-refractivity contribution in [2.45, 2.75) is 26.4 Å². The molecular formula is C24H25O3P. The third-order valence-corrected chi connectivity index (χ3v) is 7.51. The van der Waals surface area contributed by atoms with Gasteiger partial charge in [0.2, 0.25) is 0 Å². The lowest BCUT2D eigenvalue weighted by atomic mass is 10.1. The molecule has 3 aromatic carbocycles. The van der Waals surface area contributed by atoms with Gasteiger partial charge in [-0.2, -0.15) is 0 Å². The van der Waals surface area contributed by atoms with Crippen molar-refractivity contribution in [1.29, 1.82) is 0 Å². The molecule has 3 nitrogen and oxygen atoms in total. The van der Waals surface area contributed by atoms with Crippen molar-refractivity contribution in [2.75, 3.05) is 0 Å². The fourth-order valence-electron chi connectivity index (χ4n) is 3.22. The molecule has 0 amide bonds. The summed E-state index contributed by atoms with van der Waals surface area (Å²) < 4.78 is 20.4. The summed E-state index contributed by atoms with van der Waals surface area (Å²) in [5.74, 6) is 0.272. The van der Waals surface area contributed by atoms with E-state index in [-0.39, 0.29) is 11.9 Å². The van der Waals surface area contributed by atoms with Gasteiger partial charge in [0.15, 0.2) is 18.6 Å². The molecule has 28 heavy (non-hydrogen) atoms. The molecule has 0 aliphatic carbocycles. The van der Waals surface area contributed by atoms with Gasteiger partial charge in [-0.05, 0) is 38.0 Å². The lowest BCUT2D eigenvalue weighted by Gasteiger charge is -2.23. The smallest absolute Gasteiger partial charge is 0.174 e. The first-order valence-electron chi connectivity index (χ1n) is 9.32. The average Bonchev–Trinajstić information content (AvgIpc) is 2.71. The van der Waals surface area contributed by atoms with Crippen LogP contribution in [0.15, 0.2) is 85.5 Å². The van der Waals surface area contributed by atoms with Crippen LogP contribution in [0.3, 0.4) is 0 Å². The van der Waals surface area contributed by atoms with Crippen molar-refractivity contribution in [1.82, 2.24) is 0 Å². The SMILES string of the molecule is C=CCc1cc(OC(C)C)c(O)c(P(=O)(c2ccccc2)c2ccccc2)c1. The van der Waals surface area contributed by atoms with Gasteiger partial charge in [0.05, 0.1) is 11.4 Å². The Morgan fingerprint density at radius 3 is 2.00 bits per heavy atom. The Labute approximate surface area is 166 Å². The first-order valence-corrected chi connectivity index (χ1v) is 11.0. The minimum absolute atomic E-state index is 0.0717. The lowest BCUT2D eigenvalue weighted by Crippen LogP contribution is -2.26.